The molecule has 0 aliphatic carbocycles. The lowest BCUT2D eigenvalue weighted by Gasteiger charge is -1.97. The van der Waals surface area contributed by atoms with E-state index in [1.54, 1.807) is 6.20 Å². The van der Waals surface area contributed by atoms with Crippen LogP contribution in [0.3, 0.4) is 0 Å². The Morgan fingerprint density at radius 3 is 2.53 bits per heavy atom. The van der Waals surface area contributed by atoms with Crippen LogP contribution in [-0.2, 0) is 0 Å². The monoisotopic (exact) mass is 226 g/mol. The highest BCUT2D eigenvalue weighted by molar-refractivity contribution is 5.81. The summed E-state index contributed by atoms with van der Waals surface area (Å²) in [4.78, 5) is 7.94. The van der Waals surface area contributed by atoms with E-state index >= 15 is 0 Å². The van der Waals surface area contributed by atoms with Gasteiger partial charge < -0.3 is 4.98 Å². The molecule has 2 heterocycles. The highest BCUT2D eigenvalue weighted by atomic mass is 15.1. The molecule has 3 aromatic rings. The van der Waals surface area contributed by atoms with E-state index in [0.717, 1.165) is 28.1 Å². The van der Waals surface area contributed by atoms with Crippen LogP contribution in [0.4, 0.5) is 0 Å². The van der Waals surface area contributed by atoms with Crippen molar-refractivity contribution in [2.24, 2.45) is 0 Å². The Morgan fingerprint density at radius 1 is 1.06 bits per heavy atom. The summed E-state index contributed by atoms with van der Waals surface area (Å²) in [5.41, 5.74) is 6.66. The zero-order chi connectivity index (χ0) is 12.0. The molecule has 0 bridgehead atoms. The van der Waals surface area contributed by atoms with Gasteiger partial charge in [0.1, 0.15) is 5.82 Å². The first kappa shape index (κ1) is 10.1. The summed E-state index contributed by atoms with van der Waals surface area (Å²) in [6.07, 6.45) is 1.80. The summed E-state index contributed by atoms with van der Waals surface area (Å²) in [5.74, 6) is 0.872. The minimum Gasteiger partial charge on any atom is -0.338 e. The zero-order valence-electron chi connectivity index (χ0n) is 10.1. The maximum Gasteiger partial charge on any atom is 0.141 e. The van der Waals surface area contributed by atoms with Crippen molar-refractivity contribution in [3.63, 3.8) is 0 Å². The molecule has 2 N–H and O–H groups in total. The second kappa shape index (κ2) is 3.45. The molecule has 0 saturated carbocycles. The number of rotatable bonds is 1. The Hall–Kier alpha value is -2.10. The van der Waals surface area contributed by atoms with E-state index in [0.29, 0.717) is 0 Å². The number of nitrogens with zero attached hydrogens (tertiary/aromatic N) is 2. The van der Waals surface area contributed by atoms with Gasteiger partial charge in [-0.3, -0.25) is 5.10 Å². The third kappa shape index (κ3) is 1.53. The molecule has 0 amide bonds. The highest BCUT2D eigenvalue weighted by Gasteiger charge is 2.09. The lowest BCUT2D eigenvalue weighted by atomic mass is 10.1. The van der Waals surface area contributed by atoms with Crippen molar-refractivity contribution < 1.29 is 0 Å². The summed E-state index contributed by atoms with van der Waals surface area (Å²) in [6.45, 7) is 6.20. The van der Waals surface area contributed by atoms with Crippen molar-refractivity contribution in [2.45, 2.75) is 20.8 Å². The molecule has 2 aromatic heterocycles. The van der Waals surface area contributed by atoms with Gasteiger partial charge in [0.05, 0.1) is 22.8 Å². The average molecular weight is 226 g/mol. The quantitative estimate of drug-likeness (QED) is 0.670. The van der Waals surface area contributed by atoms with Gasteiger partial charge in [0, 0.05) is 5.69 Å². The molecule has 4 nitrogen and oxygen atoms in total. The average Bonchev–Trinajstić information content (AvgIpc) is 2.85. The normalized spacial score (nSPS) is 11.2. The number of aromatic nitrogens is 4. The van der Waals surface area contributed by atoms with E-state index in [2.05, 4.69) is 46.1 Å². The van der Waals surface area contributed by atoms with Gasteiger partial charge in [-0.2, -0.15) is 5.10 Å². The Kier molecular flexibility index (Phi) is 2.04. The number of hydrogen-bond acceptors (Lipinski definition) is 2. The fraction of sp³-hybridized carbons (Fsp3) is 0.231. The number of imidazole rings is 1. The SMILES string of the molecule is Cc1cc2nc(-c3cn[nH]c3C)[nH]c2cc1C. The number of fused-ring (bicyclic) bond motifs is 1. The second-order valence-corrected chi connectivity index (χ2v) is 4.45. The third-order valence-corrected chi connectivity index (χ3v) is 3.18. The first-order chi connectivity index (χ1) is 8.15. The first-order valence-electron chi connectivity index (χ1n) is 5.62. The van der Waals surface area contributed by atoms with Gasteiger partial charge in [-0.05, 0) is 44.0 Å². The van der Waals surface area contributed by atoms with E-state index in [9.17, 15) is 0 Å². The second-order valence-electron chi connectivity index (χ2n) is 4.45. The Balaban J connectivity index is 2.24. The van der Waals surface area contributed by atoms with Crippen LogP contribution in [-0.4, -0.2) is 20.2 Å². The van der Waals surface area contributed by atoms with Gasteiger partial charge in [0.25, 0.3) is 0 Å². The maximum absolute atomic E-state index is 4.60. The molecule has 0 fully saturated rings. The summed E-state index contributed by atoms with van der Waals surface area (Å²) >= 11 is 0. The van der Waals surface area contributed by atoms with Crippen LogP contribution in [0.25, 0.3) is 22.4 Å². The number of hydrogen-bond donors (Lipinski definition) is 2. The molecule has 17 heavy (non-hydrogen) atoms. The molecule has 0 spiro atoms. The maximum atomic E-state index is 4.60. The molecule has 86 valence electrons. The molecule has 1 aromatic carbocycles. The fourth-order valence-corrected chi connectivity index (χ4v) is 1.99. The van der Waals surface area contributed by atoms with Crippen molar-refractivity contribution in [1.82, 2.24) is 20.2 Å². The first-order valence-corrected chi connectivity index (χ1v) is 5.62. The van der Waals surface area contributed by atoms with Crippen molar-refractivity contribution in [1.29, 1.82) is 0 Å². The lowest BCUT2D eigenvalue weighted by Crippen LogP contribution is -1.80. The van der Waals surface area contributed by atoms with E-state index in [-0.39, 0.29) is 0 Å². The van der Waals surface area contributed by atoms with Crippen LogP contribution < -0.4 is 0 Å². The predicted molar refractivity (Wildman–Crippen MR) is 67.9 cm³/mol. The van der Waals surface area contributed by atoms with Crippen LogP contribution in [0, 0.1) is 20.8 Å². The van der Waals surface area contributed by atoms with E-state index < -0.39 is 0 Å². The van der Waals surface area contributed by atoms with Crippen LogP contribution >= 0.6 is 0 Å². The van der Waals surface area contributed by atoms with Crippen LogP contribution in [0.15, 0.2) is 18.3 Å². The Morgan fingerprint density at radius 2 is 1.82 bits per heavy atom. The van der Waals surface area contributed by atoms with Gasteiger partial charge in [-0.15, -0.1) is 0 Å². The summed E-state index contributed by atoms with van der Waals surface area (Å²) < 4.78 is 0. The minimum atomic E-state index is 0.872. The molecule has 4 heteroatoms. The number of benzene rings is 1. The molecule has 0 atom stereocenters. The smallest absolute Gasteiger partial charge is 0.141 e. The molecule has 0 aliphatic heterocycles. The topological polar surface area (TPSA) is 57.4 Å². The zero-order valence-corrected chi connectivity index (χ0v) is 10.1. The molecular formula is C13H14N4. The number of nitrogens with one attached hydrogen (secondary N) is 2. The molecule has 0 unspecified atom stereocenters. The largest absolute Gasteiger partial charge is 0.338 e. The van der Waals surface area contributed by atoms with Crippen molar-refractivity contribution >= 4 is 11.0 Å². The Bertz CT molecular complexity index is 652. The summed E-state index contributed by atoms with van der Waals surface area (Å²) in [6, 6.07) is 4.25. The van der Waals surface area contributed by atoms with E-state index in [4.69, 9.17) is 0 Å². The Labute approximate surface area is 99.1 Å². The third-order valence-electron chi connectivity index (χ3n) is 3.18. The van der Waals surface area contributed by atoms with E-state index in [1.807, 2.05) is 6.92 Å². The molecular weight excluding hydrogens is 212 g/mol. The highest BCUT2D eigenvalue weighted by Crippen LogP contribution is 2.23. The molecule has 0 saturated heterocycles. The summed E-state index contributed by atoms with van der Waals surface area (Å²) in [7, 11) is 0. The van der Waals surface area contributed by atoms with Crippen LogP contribution in [0.5, 0.6) is 0 Å². The van der Waals surface area contributed by atoms with E-state index in [1.165, 1.54) is 11.1 Å². The van der Waals surface area contributed by atoms with Crippen molar-refractivity contribution in [3.05, 3.63) is 35.2 Å². The predicted octanol–water partition coefficient (Wildman–Crippen LogP) is 2.88. The number of H-pyrrole nitrogens is 2. The van der Waals surface area contributed by atoms with Gasteiger partial charge in [0.15, 0.2) is 0 Å². The number of aromatic amines is 2. The summed E-state index contributed by atoms with van der Waals surface area (Å²) in [5, 5.41) is 6.94. The van der Waals surface area contributed by atoms with Crippen molar-refractivity contribution in [3.8, 4) is 11.4 Å². The van der Waals surface area contributed by atoms with Gasteiger partial charge in [-0.1, -0.05) is 0 Å². The van der Waals surface area contributed by atoms with Gasteiger partial charge in [-0.25, -0.2) is 4.98 Å². The molecule has 0 radical (unpaired) electrons. The minimum absolute atomic E-state index is 0.872. The molecule has 0 aliphatic rings. The van der Waals surface area contributed by atoms with Crippen LogP contribution in [0.1, 0.15) is 16.8 Å². The fourth-order valence-electron chi connectivity index (χ4n) is 1.99. The number of aryl methyl sites for hydroxylation is 3. The lowest BCUT2D eigenvalue weighted by molar-refractivity contribution is 1.05. The van der Waals surface area contributed by atoms with Crippen molar-refractivity contribution in [2.75, 3.05) is 0 Å². The standard InChI is InChI=1S/C13H14N4/c1-7-4-11-12(5-8(7)2)16-13(15-11)10-6-14-17-9(10)3/h4-6H,1-3H3,(H,14,17)(H,15,16). The van der Waals surface area contributed by atoms with Crippen LogP contribution in [0.2, 0.25) is 0 Å². The molecule has 3 rings (SSSR count). The van der Waals surface area contributed by atoms with Gasteiger partial charge >= 0.3 is 0 Å². The van der Waals surface area contributed by atoms with Gasteiger partial charge in [0.2, 0.25) is 0 Å².